The van der Waals surface area contributed by atoms with Gasteiger partial charge in [0.2, 0.25) is 5.91 Å². The molecule has 98 valence electrons. The molecule has 1 fully saturated rings. The molecule has 1 aliphatic rings. The Labute approximate surface area is 113 Å². The van der Waals surface area contributed by atoms with Crippen LogP contribution in [0.2, 0.25) is 5.02 Å². The number of carbonyl (C=O) groups excluding carboxylic acids is 1. The van der Waals surface area contributed by atoms with E-state index in [-0.39, 0.29) is 18.0 Å². The Morgan fingerprint density at radius 2 is 2.33 bits per heavy atom. The lowest BCUT2D eigenvalue weighted by atomic mass is 10.1. The molecule has 0 aliphatic carbocycles. The van der Waals surface area contributed by atoms with Crippen LogP contribution in [0, 0.1) is 0 Å². The van der Waals surface area contributed by atoms with Gasteiger partial charge in [-0.05, 0) is 44.0 Å². The monoisotopic (exact) mass is 266 g/mol. The van der Waals surface area contributed by atoms with Gasteiger partial charge in [-0.15, -0.1) is 0 Å². The van der Waals surface area contributed by atoms with Crippen LogP contribution < -0.4 is 5.32 Å². The third-order valence-electron chi connectivity index (χ3n) is 3.62. The topological polar surface area (TPSA) is 32.3 Å². The fourth-order valence-electron chi connectivity index (χ4n) is 2.32. The molecule has 1 aliphatic heterocycles. The zero-order chi connectivity index (χ0) is 13.1. The molecule has 1 amide bonds. The van der Waals surface area contributed by atoms with Crippen LogP contribution in [-0.4, -0.2) is 30.4 Å². The summed E-state index contributed by atoms with van der Waals surface area (Å²) in [5.74, 6) is 0.167. The van der Waals surface area contributed by atoms with E-state index in [1.165, 1.54) is 0 Å². The minimum absolute atomic E-state index is 0.0170. The molecule has 1 aromatic rings. The average molecular weight is 267 g/mol. The molecule has 0 aromatic heterocycles. The van der Waals surface area contributed by atoms with Crippen molar-refractivity contribution in [2.75, 3.05) is 13.6 Å². The third-order valence-corrected chi connectivity index (χ3v) is 3.85. The molecule has 0 bridgehead atoms. The number of nitrogens with one attached hydrogen (secondary N) is 1. The highest BCUT2D eigenvalue weighted by Crippen LogP contribution is 2.23. The highest BCUT2D eigenvalue weighted by molar-refractivity contribution is 6.30. The van der Waals surface area contributed by atoms with E-state index in [1.54, 1.807) is 4.90 Å². The van der Waals surface area contributed by atoms with Crippen molar-refractivity contribution in [3.8, 4) is 0 Å². The van der Waals surface area contributed by atoms with Crippen LogP contribution in [0.15, 0.2) is 24.3 Å². The van der Waals surface area contributed by atoms with Gasteiger partial charge in [0.15, 0.2) is 0 Å². The zero-order valence-corrected chi connectivity index (χ0v) is 11.6. The van der Waals surface area contributed by atoms with E-state index < -0.39 is 0 Å². The number of amides is 1. The van der Waals surface area contributed by atoms with Gasteiger partial charge in [-0.1, -0.05) is 23.7 Å². The van der Waals surface area contributed by atoms with Crippen molar-refractivity contribution in [2.24, 2.45) is 0 Å². The van der Waals surface area contributed by atoms with Crippen molar-refractivity contribution < 1.29 is 4.79 Å². The van der Waals surface area contributed by atoms with Gasteiger partial charge in [-0.25, -0.2) is 0 Å². The molecule has 1 N–H and O–H groups in total. The largest absolute Gasteiger partial charge is 0.338 e. The van der Waals surface area contributed by atoms with Crippen LogP contribution >= 0.6 is 11.6 Å². The summed E-state index contributed by atoms with van der Waals surface area (Å²) in [5.41, 5.74) is 1.07. The highest BCUT2D eigenvalue weighted by atomic mass is 35.5. The molecule has 0 spiro atoms. The fraction of sp³-hybridized carbons (Fsp3) is 0.500. The average Bonchev–Trinajstić information content (AvgIpc) is 2.90. The first-order chi connectivity index (χ1) is 8.59. The van der Waals surface area contributed by atoms with E-state index in [1.807, 2.05) is 38.2 Å². The molecular formula is C14H19ClN2O. The molecule has 0 radical (unpaired) electrons. The van der Waals surface area contributed by atoms with Crippen molar-refractivity contribution in [3.63, 3.8) is 0 Å². The van der Waals surface area contributed by atoms with Gasteiger partial charge in [0.25, 0.3) is 0 Å². The summed E-state index contributed by atoms with van der Waals surface area (Å²) in [7, 11) is 1.86. The molecule has 18 heavy (non-hydrogen) atoms. The van der Waals surface area contributed by atoms with Crippen LogP contribution in [0.25, 0.3) is 0 Å². The van der Waals surface area contributed by atoms with E-state index in [2.05, 4.69) is 5.32 Å². The van der Waals surface area contributed by atoms with Gasteiger partial charge in [0.1, 0.15) is 0 Å². The molecule has 3 nitrogen and oxygen atoms in total. The second-order valence-electron chi connectivity index (χ2n) is 4.83. The summed E-state index contributed by atoms with van der Waals surface area (Å²) in [6.07, 6.45) is 2.02. The molecule has 4 heteroatoms. The van der Waals surface area contributed by atoms with Crippen LogP contribution in [0.5, 0.6) is 0 Å². The Balaban J connectivity index is 2.08. The Bertz CT molecular complexity index is 430. The molecule has 0 saturated carbocycles. The number of halogens is 1. The molecule has 1 aromatic carbocycles. The molecule has 1 saturated heterocycles. The second kappa shape index (κ2) is 5.72. The Morgan fingerprint density at radius 3 is 2.94 bits per heavy atom. The van der Waals surface area contributed by atoms with Crippen molar-refractivity contribution in [2.45, 2.75) is 31.8 Å². The number of carbonyl (C=O) groups is 1. The van der Waals surface area contributed by atoms with E-state index in [0.717, 1.165) is 24.9 Å². The number of nitrogens with zero attached hydrogens (tertiary/aromatic N) is 1. The van der Waals surface area contributed by atoms with Crippen molar-refractivity contribution in [1.29, 1.82) is 0 Å². The molecular weight excluding hydrogens is 248 g/mol. The summed E-state index contributed by atoms with van der Waals surface area (Å²) in [6, 6.07) is 7.70. The summed E-state index contributed by atoms with van der Waals surface area (Å²) in [4.78, 5) is 14.1. The Morgan fingerprint density at radius 1 is 1.56 bits per heavy atom. The van der Waals surface area contributed by atoms with Crippen molar-refractivity contribution >= 4 is 17.5 Å². The van der Waals surface area contributed by atoms with Crippen LogP contribution in [-0.2, 0) is 4.79 Å². The maximum Gasteiger partial charge on any atom is 0.239 e. The fourth-order valence-corrected chi connectivity index (χ4v) is 2.52. The number of hydrogen-bond donors (Lipinski definition) is 1. The van der Waals surface area contributed by atoms with Crippen molar-refractivity contribution in [1.82, 2.24) is 10.2 Å². The zero-order valence-electron chi connectivity index (χ0n) is 10.8. The summed E-state index contributed by atoms with van der Waals surface area (Å²) in [5, 5.41) is 3.95. The lowest BCUT2D eigenvalue weighted by Crippen LogP contribution is -2.42. The third kappa shape index (κ3) is 2.85. The highest BCUT2D eigenvalue weighted by Gasteiger charge is 2.27. The van der Waals surface area contributed by atoms with Gasteiger partial charge >= 0.3 is 0 Å². The Hall–Kier alpha value is -1.06. The van der Waals surface area contributed by atoms with Gasteiger partial charge in [0.05, 0.1) is 12.1 Å². The number of hydrogen-bond acceptors (Lipinski definition) is 2. The number of rotatable bonds is 3. The summed E-state index contributed by atoms with van der Waals surface area (Å²) in [6.45, 7) is 2.97. The van der Waals surface area contributed by atoms with E-state index in [0.29, 0.717) is 5.02 Å². The van der Waals surface area contributed by atoms with E-state index in [4.69, 9.17) is 11.6 Å². The smallest absolute Gasteiger partial charge is 0.239 e. The van der Waals surface area contributed by atoms with Crippen molar-refractivity contribution in [3.05, 3.63) is 34.9 Å². The quantitative estimate of drug-likeness (QED) is 0.912. The number of benzene rings is 1. The minimum Gasteiger partial charge on any atom is -0.338 e. The predicted molar refractivity (Wildman–Crippen MR) is 73.7 cm³/mol. The van der Waals surface area contributed by atoms with E-state index in [9.17, 15) is 4.79 Å². The molecule has 2 rings (SSSR count). The van der Waals surface area contributed by atoms with Gasteiger partial charge in [-0.3, -0.25) is 4.79 Å². The normalized spacial score (nSPS) is 20.7. The first-order valence-electron chi connectivity index (χ1n) is 6.35. The first kappa shape index (κ1) is 13.4. The maximum absolute atomic E-state index is 12.3. The van der Waals surface area contributed by atoms with Gasteiger partial charge in [-0.2, -0.15) is 0 Å². The maximum atomic E-state index is 12.3. The summed E-state index contributed by atoms with van der Waals surface area (Å²) >= 11 is 5.98. The minimum atomic E-state index is -0.0170. The Kier molecular flexibility index (Phi) is 4.25. The summed E-state index contributed by atoms with van der Waals surface area (Å²) < 4.78 is 0. The molecule has 2 atom stereocenters. The van der Waals surface area contributed by atoms with Crippen LogP contribution in [0.4, 0.5) is 0 Å². The van der Waals surface area contributed by atoms with Gasteiger partial charge in [0, 0.05) is 12.1 Å². The second-order valence-corrected chi connectivity index (χ2v) is 5.27. The lowest BCUT2D eigenvalue weighted by molar-refractivity contribution is -0.133. The van der Waals surface area contributed by atoms with Gasteiger partial charge < -0.3 is 10.2 Å². The molecule has 1 unspecified atom stereocenters. The first-order valence-corrected chi connectivity index (χ1v) is 6.73. The van der Waals surface area contributed by atoms with Crippen LogP contribution in [0.1, 0.15) is 31.4 Å². The van der Waals surface area contributed by atoms with Crippen LogP contribution in [0.3, 0.4) is 0 Å². The number of likely N-dealkylation sites (N-methyl/N-ethyl adjacent to an activating group) is 1. The SMILES string of the molecule is CC(c1cccc(Cl)c1)N(C)C(=O)[C@H]1CCCN1. The lowest BCUT2D eigenvalue weighted by Gasteiger charge is -2.28. The predicted octanol–water partition coefficient (Wildman–Crippen LogP) is 2.61. The molecule has 1 heterocycles. The standard InChI is InChI=1S/C14H19ClN2O/c1-10(11-5-3-6-12(15)9-11)17(2)14(18)13-7-4-8-16-13/h3,5-6,9-10,13,16H,4,7-8H2,1-2H3/t10?,13-/m1/s1. The van der Waals surface area contributed by atoms with E-state index >= 15 is 0 Å².